The van der Waals surface area contributed by atoms with E-state index in [4.69, 9.17) is 0 Å². The maximum atomic E-state index is 4.44. The smallest absolute Gasteiger partial charge is 0.151 e. The Balaban J connectivity index is 1.69. The average Bonchev–Trinajstić information content (AvgIpc) is 3.11. The molecule has 0 radical (unpaired) electrons. The summed E-state index contributed by atoms with van der Waals surface area (Å²) in [4.78, 5) is 2.26. The third-order valence-corrected chi connectivity index (χ3v) is 4.39. The number of rotatable bonds is 3. The summed E-state index contributed by atoms with van der Waals surface area (Å²) in [6.45, 7) is 2.17. The summed E-state index contributed by atoms with van der Waals surface area (Å²) < 4.78 is 0. The minimum absolute atomic E-state index is 0.566. The molecular formula is C14H22N4. The van der Waals surface area contributed by atoms with Crippen LogP contribution >= 0.6 is 0 Å². The van der Waals surface area contributed by atoms with E-state index in [1.165, 1.54) is 37.8 Å². The first-order valence-electron chi connectivity index (χ1n) is 7.12. The summed E-state index contributed by atoms with van der Waals surface area (Å²) >= 11 is 0. The van der Waals surface area contributed by atoms with Crippen molar-refractivity contribution in [3.05, 3.63) is 17.8 Å². The number of nitrogens with zero attached hydrogens (tertiary/aromatic N) is 3. The van der Waals surface area contributed by atoms with Crippen LogP contribution in [0.4, 0.5) is 5.82 Å². The van der Waals surface area contributed by atoms with Crippen molar-refractivity contribution in [2.45, 2.75) is 44.1 Å². The first kappa shape index (κ1) is 11.9. The summed E-state index contributed by atoms with van der Waals surface area (Å²) in [6, 6.07) is 4.88. The lowest BCUT2D eigenvalue weighted by molar-refractivity contribution is 0.654. The monoisotopic (exact) mass is 246 g/mol. The summed E-state index contributed by atoms with van der Waals surface area (Å²) in [7, 11) is 2.12. The van der Waals surface area contributed by atoms with E-state index in [1.54, 1.807) is 0 Å². The van der Waals surface area contributed by atoms with Crippen molar-refractivity contribution in [3.63, 3.8) is 0 Å². The van der Waals surface area contributed by atoms with Crippen LogP contribution in [0.5, 0.6) is 0 Å². The lowest BCUT2D eigenvalue weighted by atomic mass is 10.0. The van der Waals surface area contributed by atoms with E-state index >= 15 is 0 Å². The van der Waals surface area contributed by atoms with Gasteiger partial charge in [-0.05, 0) is 37.9 Å². The van der Waals surface area contributed by atoms with Crippen molar-refractivity contribution in [2.24, 2.45) is 0 Å². The Morgan fingerprint density at radius 3 is 2.61 bits per heavy atom. The van der Waals surface area contributed by atoms with Gasteiger partial charge in [0.05, 0.1) is 5.69 Å². The van der Waals surface area contributed by atoms with Gasteiger partial charge in [0.1, 0.15) is 0 Å². The zero-order valence-electron chi connectivity index (χ0n) is 11.1. The highest BCUT2D eigenvalue weighted by molar-refractivity contribution is 5.38. The standard InChI is InChI=1S/C14H22N4/c1-18(12-8-9-15-10-12)14-7-6-13(16-17-14)11-4-2-3-5-11/h6-7,11-12,15H,2-5,8-10H2,1H3. The number of likely N-dealkylation sites (N-methyl/N-ethyl adjacent to an activating group) is 1. The molecule has 3 rings (SSSR count). The van der Waals surface area contributed by atoms with E-state index in [0.717, 1.165) is 18.9 Å². The molecule has 4 nitrogen and oxygen atoms in total. The van der Waals surface area contributed by atoms with Gasteiger partial charge in [-0.15, -0.1) is 5.10 Å². The molecule has 1 aliphatic carbocycles. The Morgan fingerprint density at radius 2 is 2.00 bits per heavy atom. The molecule has 1 aromatic rings. The largest absolute Gasteiger partial charge is 0.354 e. The lowest BCUT2D eigenvalue weighted by Gasteiger charge is -2.24. The van der Waals surface area contributed by atoms with Crippen molar-refractivity contribution >= 4 is 5.82 Å². The summed E-state index contributed by atoms with van der Waals surface area (Å²) in [5, 5.41) is 12.2. The molecule has 1 aromatic heterocycles. The summed E-state index contributed by atoms with van der Waals surface area (Å²) in [6.07, 6.45) is 6.47. The Morgan fingerprint density at radius 1 is 1.17 bits per heavy atom. The second-order valence-electron chi connectivity index (χ2n) is 5.56. The highest BCUT2D eigenvalue weighted by Gasteiger charge is 2.22. The molecule has 18 heavy (non-hydrogen) atoms. The van der Waals surface area contributed by atoms with E-state index in [1.807, 2.05) is 0 Å². The van der Waals surface area contributed by atoms with E-state index in [-0.39, 0.29) is 0 Å². The lowest BCUT2D eigenvalue weighted by Crippen LogP contribution is -2.34. The fourth-order valence-electron chi connectivity index (χ4n) is 3.12. The van der Waals surface area contributed by atoms with Crippen LogP contribution in [0.1, 0.15) is 43.7 Å². The number of nitrogens with one attached hydrogen (secondary N) is 1. The second-order valence-corrected chi connectivity index (χ2v) is 5.56. The van der Waals surface area contributed by atoms with Gasteiger partial charge >= 0.3 is 0 Å². The normalized spacial score (nSPS) is 24.6. The zero-order valence-corrected chi connectivity index (χ0v) is 11.1. The third kappa shape index (κ3) is 2.34. The molecule has 98 valence electrons. The van der Waals surface area contributed by atoms with Gasteiger partial charge in [0.15, 0.2) is 5.82 Å². The Hall–Kier alpha value is -1.16. The molecule has 1 aliphatic heterocycles. The van der Waals surface area contributed by atoms with Gasteiger partial charge in [-0.1, -0.05) is 12.8 Å². The van der Waals surface area contributed by atoms with Crippen LogP contribution < -0.4 is 10.2 Å². The highest BCUT2D eigenvalue weighted by atomic mass is 15.3. The fourth-order valence-corrected chi connectivity index (χ4v) is 3.12. The Kier molecular flexibility index (Phi) is 3.46. The summed E-state index contributed by atoms with van der Waals surface area (Å²) in [5.74, 6) is 1.66. The average molecular weight is 246 g/mol. The molecule has 0 amide bonds. The molecule has 0 aromatic carbocycles. The van der Waals surface area contributed by atoms with E-state index in [0.29, 0.717) is 12.0 Å². The molecule has 1 saturated carbocycles. The van der Waals surface area contributed by atoms with Gasteiger partial charge in [-0.25, -0.2) is 0 Å². The van der Waals surface area contributed by atoms with Crippen LogP contribution in [0.3, 0.4) is 0 Å². The van der Waals surface area contributed by atoms with Crippen molar-refractivity contribution in [1.29, 1.82) is 0 Å². The topological polar surface area (TPSA) is 41.1 Å². The predicted octanol–water partition coefficient (Wildman–Crippen LogP) is 1.93. The number of anilines is 1. The maximum Gasteiger partial charge on any atom is 0.151 e. The minimum Gasteiger partial charge on any atom is -0.354 e. The van der Waals surface area contributed by atoms with Crippen molar-refractivity contribution < 1.29 is 0 Å². The minimum atomic E-state index is 0.566. The van der Waals surface area contributed by atoms with E-state index in [9.17, 15) is 0 Å². The second kappa shape index (κ2) is 5.22. The Labute approximate surface area is 109 Å². The summed E-state index contributed by atoms with van der Waals surface area (Å²) in [5.41, 5.74) is 1.19. The molecule has 2 fully saturated rings. The fraction of sp³-hybridized carbons (Fsp3) is 0.714. The van der Waals surface area contributed by atoms with Crippen LogP contribution in [0.2, 0.25) is 0 Å². The first-order chi connectivity index (χ1) is 8.84. The zero-order chi connectivity index (χ0) is 12.4. The molecule has 1 unspecified atom stereocenters. The van der Waals surface area contributed by atoms with Crippen molar-refractivity contribution in [1.82, 2.24) is 15.5 Å². The van der Waals surface area contributed by atoms with Crippen LogP contribution in [0.25, 0.3) is 0 Å². The maximum absolute atomic E-state index is 4.44. The molecule has 0 bridgehead atoms. The van der Waals surface area contributed by atoms with Gasteiger partial charge in [0.25, 0.3) is 0 Å². The molecule has 1 atom stereocenters. The van der Waals surface area contributed by atoms with Crippen molar-refractivity contribution in [3.8, 4) is 0 Å². The number of hydrogen-bond donors (Lipinski definition) is 1. The molecule has 2 heterocycles. The van der Waals surface area contributed by atoms with Crippen LogP contribution in [0.15, 0.2) is 12.1 Å². The first-order valence-corrected chi connectivity index (χ1v) is 7.12. The molecule has 2 aliphatic rings. The molecule has 1 N–H and O–H groups in total. The van der Waals surface area contributed by atoms with Gasteiger partial charge in [0, 0.05) is 25.6 Å². The van der Waals surface area contributed by atoms with Gasteiger partial charge in [0.2, 0.25) is 0 Å². The van der Waals surface area contributed by atoms with E-state index < -0.39 is 0 Å². The van der Waals surface area contributed by atoms with Gasteiger partial charge in [-0.3, -0.25) is 0 Å². The molecule has 4 heteroatoms. The highest BCUT2D eigenvalue weighted by Crippen LogP contribution is 2.32. The SMILES string of the molecule is CN(c1ccc(C2CCCC2)nn1)C1CCNC1. The Bertz CT molecular complexity index is 377. The van der Waals surface area contributed by atoms with E-state index in [2.05, 4.69) is 39.6 Å². The molecule has 1 saturated heterocycles. The molecule has 0 spiro atoms. The predicted molar refractivity (Wildman–Crippen MR) is 72.9 cm³/mol. The van der Waals surface area contributed by atoms with Gasteiger partial charge < -0.3 is 10.2 Å². The quantitative estimate of drug-likeness (QED) is 0.885. The molecular weight excluding hydrogens is 224 g/mol. The van der Waals surface area contributed by atoms with Crippen molar-refractivity contribution in [2.75, 3.05) is 25.0 Å². The van der Waals surface area contributed by atoms with Crippen LogP contribution in [-0.4, -0.2) is 36.4 Å². The van der Waals surface area contributed by atoms with Gasteiger partial charge in [-0.2, -0.15) is 5.10 Å². The number of hydrogen-bond acceptors (Lipinski definition) is 4. The van der Waals surface area contributed by atoms with Crippen LogP contribution in [0, 0.1) is 0 Å². The number of aromatic nitrogens is 2. The third-order valence-electron chi connectivity index (χ3n) is 4.39. The van der Waals surface area contributed by atoms with Crippen LogP contribution in [-0.2, 0) is 0 Å².